The van der Waals surface area contributed by atoms with Gasteiger partial charge >= 0.3 is 30.0 Å². The van der Waals surface area contributed by atoms with Gasteiger partial charge in [-0.3, -0.25) is 0 Å². The molecule has 0 amide bonds. The minimum absolute atomic E-state index is 0. The predicted octanol–water partition coefficient (Wildman–Crippen LogP) is 5.93. The summed E-state index contributed by atoms with van der Waals surface area (Å²) in [7, 11) is 0. The number of hydrogen-bond donors (Lipinski definition) is 0. The first-order valence-corrected chi connectivity index (χ1v) is 13.1. The van der Waals surface area contributed by atoms with Crippen LogP contribution in [0, 0.1) is 6.92 Å². The number of benzene rings is 2. The molecule has 0 nitrogen and oxygen atoms in total. The van der Waals surface area contributed by atoms with Gasteiger partial charge in [-0.05, 0) is 5.56 Å². The zero-order valence-corrected chi connectivity index (χ0v) is 15.8. The number of halogens is 2. The van der Waals surface area contributed by atoms with Gasteiger partial charge in [0.05, 0.1) is 0 Å². The van der Waals surface area contributed by atoms with Crippen molar-refractivity contribution in [1.29, 1.82) is 0 Å². The van der Waals surface area contributed by atoms with E-state index >= 15 is 0 Å². The van der Waals surface area contributed by atoms with E-state index in [1.165, 1.54) is 21.9 Å². The van der Waals surface area contributed by atoms with Gasteiger partial charge in [0.2, 0.25) is 0 Å². The third-order valence-corrected chi connectivity index (χ3v) is 2.49. The molecule has 94 valence electrons. The van der Waals surface area contributed by atoms with Gasteiger partial charge in [0.15, 0.2) is 0 Å². The van der Waals surface area contributed by atoms with Crippen molar-refractivity contribution in [2.24, 2.45) is 0 Å². The maximum absolute atomic E-state index is 3.72. The Bertz CT molecular complexity index is 363. The molecule has 0 aliphatic rings. The fraction of sp³-hybridized carbons (Fsp3) is 0.133. The van der Waals surface area contributed by atoms with Crippen LogP contribution < -0.4 is 0 Å². The molecule has 18 heavy (non-hydrogen) atoms. The van der Waals surface area contributed by atoms with Crippen LogP contribution in [0.15, 0.2) is 60.7 Å². The summed E-state index contributed by atoms with van der Waals surface area (Å²) >= 11 is 7.61. The van der Waals surface area contributed by atoms with E-state index in [1.807, 2.05) is 48.5 Å². The second kappa shape index (κ2) is 15.0. The first-order chi connectivity index (χ1) is 8.33. The Balaban J connectivity index is 0. The quantitative estimate of drug-likeness (QED) is 0.303. The van der Waals surface area contributed by atoms with E-state index in [1.54, 1.807) is 0 Å². The van der Waals surface area contributed by atoms with Gasteiger partial charge < -0.3 is 0 Å². The molecule has 0 radical (unpaired) electrons. The third-order valence-electron chi connectivity index (χ3n) is 1.84. The first-order valence-electron chi connectivity index (χ1n) is 5.06. The molecule has 2 rings (SSSR count). The summed E-state index contributed by atoms with van der Waals surface area (Å²) < 4.78 is 0. The molecule has 0 saturated heterocycles. The molecule has 2 aromatic rings. The molecule has 0 unspecified atom stereocenters. The van der Waals surface area contributed by atoms with Crippen LogP contribution >= 0.6 is 29.6 Å². The molecular weight excluding hydrogens is 405 g/mol. The van der Waals surface area contributed by atoms with Crippen LogP contribution in [-0.4, -0.2) is 0 Å². The van der Waals surface area contributed by atoms with Crippen molar-refractivity contribution in [2.75, 3.05) is 0 Å². The molecule has 0 aliphatic carbocycles. The first kappa shape index (κ1) is 20.2. The summed E-state index contributed by atoms with van der Waals surface area (Å²) in [4.78, 5) is 0. The Hall–Kier alpha value is -0.107. The van der Waals surface area contributed by atoms with Crippen LogP contribution in [0.4, 0.5) is 0 Å². The van der Waals surface area contributed by atoms with Crippen LogP contribution in [0.5, 0.6) is 0 Å². The van der Waals surface area contributed by atoms with E-state index in [9.17, 15) is 0 Å². The molecule has 0 aliphatic heterocycles. The Morgan fingerprint density at radius 3 is 1.44 bits per heavy atom. The molecule has 0 N–H and O–H groups in total. The average molecular weight is 424 g/mol. The summed E-state index contributed by atoms with van der Waals surface area (Å²) in [6.07, 6.45) is 0. The van der Waals surface area contributed by atoms with E-state index in [4.69, 9.17) is 0 Å². The van der Waals surface area contributed by atoms with E-state index in [0.717, 1.165) is 10.9 Å². The monoisotopic (exact) mass is 420 g/mol. The third kappa shape index (κ3) is 11.0. The molecule has 0 fully saturated rings. The van der Waals surface area contributed by atoms with Crippen molar-refractivity contribution in [3.63, 3.8) is 0 Å². The van der Waals surface area contributed by atoms with Crippen molar-refractivity contribution in [3.05, 3.63) is 78.7 Å². The number of hydrogen-bond acceptors (Lipinski definition) is 0. The van der Waals surface area contributed by atoms with Crippen LogP contribution in [0.3, 0.4) is 0 Å². The van der Waals surface area contributed by atoms with Crippen LogP contribution in [0.25, 0.3) is 0 Å². The van der Waals surface area contributed by atoms with Gasteiger partial charge in [0, 0.05) is 5.33 Å². The summed E-state index contributed by atoms with van der Waals surface area (Å²) in [5, 5.41) is 0.952. The number of alkyl halides is 1. The molecule has 0 saturated carbocycles. The van der Waals surface area contributed by atoms with Crippen LogP contribution in [-0.2, 0) is 21.7 Å². The Morgan fingerprint density at radius 1 is 0.833 bits per heavy atom. The zero-order valence-electron chi connectivity index (χ0n) is 9.65. The van der Waals surface area contributed by atoms with Gasteiger partial charge in [0.25, 0.3) is 0 Å². The second-order valence-corrected chi connectivity index (χ2v) is 3.67. The van der Waals surface area contributed by atoms with Gasteiger partial charge in [-0.2, -0.15) is 24.6 Å². The summed E-state index contributed by atoms with van der Waals surface area (Å²) in [6, 6.07) is 20.2. The summed E-state index contributed by atoms with van der Waals surface area (Å²) in [6.45, 7) is 3.72. The van der Waals surface area contributed by atoms with E-state index in [2.05, 4.69) is 48.6 Å². The van der Waals surface area contributed by atoms with E-state index in [0.29, 0.717) is 0 Å². The Labute approximate surface area is 136 Å². The molecule has 0 aromatic heterocycles. The fourth-order valence-electron chi connectivity index (χ4n) is 1.05. The molecule has 3 heteroatoms. The minimum atomic E-state index is 0. The predicted molar refractivity (Wildman–Crippen MR) is 85.6 cm³/mol. The molecule has 0 bridgehead atoms. The van der Waals surface area contributed by atoms with Crippen molar-refractivity contribution in [2.45, 2.75) is 12.8 Å². The van der Waals surface area contributed by atoms with Crippen molar-refractivity contribution in [1.82, 2.24) is 0 Å². The van der Waals surface area contributed by atoms with Gasteiger partial charge in [-0.1, -0.05) is 59.8 Å². The fourth-order valence-corrected chi connectivity index (χ4v) is 1.42. The summed E-state index contributed by atoms with van der Waals surface area (Å²) in [5.74, 6) is 0. The van der Waals surface area contributed by atoms with Crippen molar-refractivity contribution in [3.8, 4) is 0 Å². The van der Waals surface area contributed by atoms with Gasteiger partial charge in [-0.15, -0.1) is 12.1 Å². The molecule has 0 atom stereocenters. The molecule has 0 spiro atoms. The SMILES string of the molecule is BrCc1ccccc1.C.[CH2-]c1ccccc1.[Zn+][Br]. The zero-order chi connectivity index (χ0) is 12.9. The molecule has 2 aromatic carbocycles. The van der Waals surface area contributed by atoms with E-state index in [-0.39, 0.29) is 7.43 Å². The normalized spacial score (nSPS) is 7.78. The van der Waals surface area contributed by atoms with Gasteiger partial charge in [-0.25, -0.2) is 0 Å². The van der Waals surface area contributed by atoms with Gasteiger partial charge in [0.1, 0.15) is 0 Å². The average Bonchev–Trinajstić information content (AvgIpc) is 2.43. The Kier molecular flexibility index (Phi) is 16.8. The number of rotatable bonds is 1. The summed E-state index contributed by atoms with van der Waals surface area (Å²) in [5.41, 5.74) is 2.40. The maximum atomic E-state index is 3.72. The molecular formula is C15H18Br2Zn. The molecule has 0 heterocycles. The van der Waals surface area contributed by atoms with Crippen LogP contribution in [0.1, 0.15) is 18.6 Å². The van der Waals surface area contributed by atoms with Crippen molar-refractivity contribution >= 4 is 29.6 Å². The van der Waals surface area contributed by atoms with Crippen molar-refractivity contribution < 1.29 is 16.3 Å². The standard InChI is InChI=1S/C7H7Br.C7H7.CH4.BrH.Zn/c8-6-7-4-2-1-3-5-7;1-7-5-3-2-4-6-7;;;/h1-5H,6H2;2-6H,1H2;1H4;1H;/q;-1;;;+2/p-1. The van der Waals surface area contributed by atoms with E-state index < -0.39 is 0 Å². The second-order valence-electron chi connectivity index (χ2n) is 3.10. The Morgan fingerprint density at radius 2 is 1.22 bits per heavy atom. The van der Waals surface area contributed by atoms with Crippen LogP contribution in [0.2, 0.25) is 0 Å². The topological polar surface area (TPSA) is 0 Å².